The second-order valence-corrected chi connectivity index (χ2v) is 3.86. The monoisotopic (exact) mass is 218 g/mol. The quantitative estimate of drug-likeness (QED) is 0.748. The van der Waals surface area contributed by atoms with Crippen molar-refractivity contribution >= 4 is 23.2 Å². The lowest BCUT2D eigenvalue weighted by Gasteiger charge is -2.09. The van der Waals surface area contributed by atoms with Crippen LogP contribution in [0.5, 0.6) is 0 Å². The summed E-state index contributed by atoms with van der Waals surface area (Å²) in [6.07, 6.45) is 0.204. The number of hydrogen-bond donors (Lipinski definition) is 0. The fourth-order valence-corrected chi connectivity index (χ4v) is 1.29. The van der Waals surface area contributed by atoms with E-state index in [0.29, 0.717) is 16.7 Å². The van der Waals surface area contributed by atoms with Crippen molar-refractivity contribution in [2.24, 2.45) is 0 Å². The Morgan fingerprint density at radius 3 is 2.62 bits per heavy atom. The second-order valence-electron chi connectivity index (χ2n) is 3.07. The van der Waals surface area contributed by atoms with Crippen molar-refractivity contribution in [3.8, 4) is 0 Å². The maximum Gasteiger partial charge on any atom is 0.0735 e. The number of halogens is 2. The Balaban J connectivity index is 2.71. The molecule has 13 heavy (non-hydrogen) atoms. The molecule has 0 aliphatic heterocycles. The predicted molar refractivity (Wildman–Crippen MR) is 56.4 cm³/mol. The molecule has 0 unspecified atom stereocenters. The summed E-state index contributed by atoms with van der Waals surface area (Å²) in [4.78, 5) is 0. The molecular formula is C10H12Cl2O. The van der Waals surface area contributed by atoms with Gasteiger partial charge in [0.15, 0.2) is 0 Å². The first-order valence-electron chi connectivity index (χ1n) is 4.15. The van der Waals surface area contributed by atoms with E-state index in [9.17, 15) is 0 Å². The molecule has 3 heteroatoms. The Bertz CT molecular complexity index is 284. The van der Waals surface area contributed by atoms with Crippen molar-refractivity contribution in [2.45, 2.75) is 26.6 Å². The minimum absolute atomic E-state index is 0.204. The van der Waals surface area contributed by atoms with Crippen LogP contribution in [0.4, 0.5) is 0 Å². The molecule has 0 fully saturated rings. The van der Waals surface area contributed by atoms with Gasteiger partial charge in [0.25, 0.3) is 0 Å². The first-order chi connectivity index (χ1) is 6.11. The zero-order valence-electron chi connectivity index (χ0n) is 7.68. The molecule has 0 amide bonds. The first-order valence-corrected chi connectivity index (χ1v) is 4.91. The first kappa shape index (κ1) is 10.8. The molecule has 0 N–H and O–H groups in total. The van der Waals surface area contributed by atoms with E-state index >= 15 is 0 Å². The molecule has 1 rings (SSSR count). The lowest BCUT2D eigenvalue weighted by molar-refractivity contribution is 0.0657. The summed E-state index contributed by atoms with van der Waals surface area (Å²) in [6.45, 7) is 4.48. The second kappa shape index (κ2) is 4.85. The summed E-state index contributed by atoms with van der Waals surface area (Å²) < 4.78 is 5.42. The summed E-state index contributed by atoms with van der Waals surface area (Å²) in [5, 5.41) is 1.16. The highest BCUT2D eigenvalue weighted by Gasteiger charge is 2.04. The lowest BCUT2D eigenvalue weighted by atomic mass is 10.2. The summed E-state index contributed by atoms with van der Waals surface area (Å²) in [6, 6.07) is 5.55. The topological polar surface area (TPSA) is 9.23 Å². The molecule has 0 heterocycles. The van der Waals surface area contributed by atoms with Crippen molar-refractivity contribution in [1.82, 2.24) is 0 Å². The Labute approximate surface area is 88.6 Å². The van der Waals surface area contributed by atoms with Gasteiger partial charge in [-0.3, -0.25) is 0 Å². The number of hydrogen-bond acceptors (Lipinski definition) is 1. The third-order valence-corrected chi connectivity index (χ3v) is 2.46. The summed E-state index contributed by atoms with van der Waals surface area (Å²) >= 11 is 11.8. The van der Waals surface area contributed by atoms with Crippen LogP contribution >= 0.6 is 23.2 Å². The highest BCUT2D eigenvalue weighted by atomic mass is 35.5. The fourth-order valence-electron chi connectivity index (χ4n) is 0.916. The van der Waals surface area contributed by atoms with Gasteiger partial charge in [0.05, 0.1) is 22.8 Å². The smallest absolute Gasteiger partial charge is 0.0735 e. The van der Waals surface area contributed by atoms with Gasteiger partial charge in [0.1, 0.15) is 0 Å². The van der Waals surface area contributed by atoms with Gasteiger partial charge in [-0.15, -0.1) is 0 Å². The standard InChI is InChI=1S/C10H12Cl2O/c1-7(2)13-6-8-4-3-5-9(11)10(8)12/h3-5,7H,6H2,1-2H3. The maximum absolute atomic E-state index is 5.96. The minimum Gasteiger partial charge on any atom is -0.374 e. The van der Waals surface area contributed by atoms with Crippen LogP contribution in [-0.4, -0.2) is 6.10 Å². The van der Waals surface area contributed by atoms with Crippen molar-refractivity contribution in [3.63, 3.8) is 0 Å². The van der Waals surface area contributed by atoms with E-state index in [4.69, 9.17) is 27.9 Å². The van der Waals surface area contributed by atoms with Gasteiger partial charge in [-0.05, 0) is 25.5 Å². The number of benzene rings is 1. The van der Waals surface area contributed by atoms with Gasteiger partial charge < -0.3 is 4.74 Å². The van der Waals surface area contributed by atoms with Crippen LogP contribution in [0.3, 0.4) is 0 Å². The summed E-state index contributed by atoms with van der Waals surface area (Å²) in [7, 11) is 0. The van der Waals surface area contributed by atoms with E-state index in [1.807, 2.05) is 26.0 Å². The van der Waals surface area contributed by atoms with Crippen LogP contribution in [0.25, 0.3) is 0 Å². The fraction of sp³-hybridized carbons (Fsp3) is 0.400. The van der Waals surface area contributed by atoms with Crippen LogP contribution < -0.4 is 0 Å². The SMILES string of the molecule is CC(C)OCc1cccc(Cl)c1Cl. The molecule has 0 atom stereocenters. The molecule has 0 aliphatic carbocycles. The van der Waals surface area contributed by atoms with Gasteiger partial charge in [-0.2, -0.15) is 0 Å². The predicted octanol–water partition coefficient (Wildman–Crippen LogP) is 3.92. The molecule has 0 aliphatic rings. The summed E-state index contributed by atoms with van der Waals surface area (Å²) in [5.74, 6) is 0. The summed E-state index contributed by atoms with van der Waals surface area (Å²) in [5.41, 5.74) is 0.933. The highest BCUT2D eigenvalue weighted by Crippen LogP contribution is 2.26. The molecule has 1 aromatic carbocycles. The molecule has 0 bridgehead atoms. The molecule has 0 aromatic heterocycles. The molecule has 72 valence electrons. The van der Waals surface area contributed by atoms with Crippen molar-refractivity contribution in [2.75, 3.05) is 0 Å². The van der Waals surface area contributed by atoms with E-state index in [2.05, 4.69) is 0 Å². The highest BCUT2D eigenvalue weighted by molar-refractivity contribution is 6.42. The average Bonchev–Trinajstić information content (AvgIpc) is 2.07. The minimum atomic E-state index is 0.204. The molecular weight excluding hydrogens is 207 g/mol. The number of ether oxygens (including phenoxy) is 1. The zero-order valence-corrected chi connectivity index (χ0v) is 9.19. The maximum atomic E-state index is 5.96. The van der Waals surface area contributed by atoms with Crippen LogP contribution in [0.2, 0.25) is 10.0 Å². The van der Waals surface area contributed by atoms with Crippen LogP contribution in [0, 0.1) is 0 Å². The largest absolute Gasteiger partial charge is 0.374 e. The Morgan fingerprint density at radius 1 is 1.31 bits per heavy atom. The molecule has 0 saturated heterocycles. The van der Waals surface area contributed by atoms with Gasteiger partial charge >= 0.3 is 0 Å². The van der Waals surface area contributed by atoms with Crippen LogP contribution in [0.1, 0.15) is 19.4 Å². The third-order valence-electron chi connectivity index (χ3n) is 1.60. The average molecular weight is 219 g/mol. The van der Waals surface area contributed by atoms with Crippen molar-refractivity contribution < 1.29 is 4.74 Å². The molecule has 1 nitrogen and oxygen atoms in total. The Morgan fingerprint density at radius 2 is 2.00 bits per heavy atom. The van der Waals surface area contributed by atoms with E-state index in [1.165, 1.54) is 0 Å². The Hall–Kier alpha value is -0.240. The van der Waals surface area contributed by atoms with E-state index in [0.717, 1.165) is 5.56 Å². The van der Waals surface area contributed by atoms with Crippen molar-refractivity contribution in [3.05, 3.63) is 33.8 Å². The molecule has 0 saturated carbocycles. The van der Waals surface area contributed by atoms with E-state index in [1.54, 1.807) is 6.07 Å². The molecule has 0 radical (unpaired) electrons. The van der Waals surface area contributed by atoms with Gasteiger partial charge in [-0.1, -0.05) is 35.3 Å². The van der Waals surface area contributed by atoms with Gasteiger partial charge in [0.2, 0.25) is 0 Å². The third kappa shape index (κ3) is 3.18. The van der Waals surface area contributed by atoms with Crippen LogP contribution in [-0.2, 0) is 11.3 Å². The molecule has 0 spiro atoms. The molecule has 1 aromatic rings. The lowest BCUT2D eigenvalue weighted by Crippen LogP contribution is -2.02. The van der Waals surface area contributed by atoms with Crippen LogP contribution in [0.15, 0.2) is 18.2 Å². The van der Waals surface area contributed by atoms with Gasteiger partial charge in [-0.25, -0.2) is 0 Å². The Kier molecular flexibility index (Phi) is 4.04. The van der Waals surface area contributed by atoms with Crippen molar-refractivity contribution in [1.29, 1.82) is 0 Å². The zero-order chi connectivity index (χ0) is 9.84. The van der Waals surface area contributed by atoms with Gasteiger partial charge in [0, 0.05) is 0 Å². The van der Waals surface area contributed by atoms with E-state index < -0.39 is 0 Å². The van der Waals surface area contributed by atoms with E-state index in [-0.39, 0.29) is 6.10 Å². The normalized spacial score (nSPS) is 10.8. The number of rotatable bonds is 3.